The number of tetrazole rings is 1. The number of hydrogen-bond donors (Lipinski definition) is 1. The van der Waals surface area contributed by atoms with E-state index in [1.165, 1.54) is 21.8 Å². The second kappa shape index (κ2) is 7.90. The summed E-state index contributed by atoms with van der Waals surface area (Å²) in [5, 5.41) is 14.9. The molecule has 1 saturated heterocycles. The zero-order valence-electron chi connectivity index (χ0n) is 16.8. The van der Waals surface area contributed by atoms with Gasteiger partial charge in [0.1, 0.15) is 24.5 Å². The number of nitrogens with one attached hydrogen (secondary N) is 1. The lowest BCUT2D eigenvalue weighted by molar-refractivity contribution is -0.922. The lowest BCUT2D eigenvalue weighted by atomic mass is 10.2. The third-order valence-electron chi connectivity index (χ3n) is 5.92. The van der Waals surface area contributed by atoms with E-state index in [4.69, 9.17) is 26.3 Å². The van der Waals surface area contributed by atoms with Gasteiger partial charge in [-0.3, -0.25) is 0 Å². The molecule has 8 nitrogen and oxygen atoms in total. The number of rotatable bonds is 4. The average Bonchev–Trinajstić information content (AvgIpc) is 3.50. The van der Waals surface area contributed by atoms with Gasteiger partial charge in [-0.2, -0.15) is 0 Å². The molecule has 3 aromatic heterocycles. The van der Waals surface area contributed by atoms with Gasteiger partial charge in [0.05, 0.1) is 23.6 Å². The van der Waals surface area contributed by atoms with Crippen LogP contribution in [0.5, 0.6) is 0 Å². The molecule has 6 rings (SSSR count). The quantitative estimate of drug-likeness (QED) is 0.507. The number of aromatic nitrogens is 6. The fraction of sp³-hybridized carbons (Fsp3) is 0.381. The van der Waals surface area contributed by atoms with Crippen LogP contribution in [0.2, 0.25) is 5.02 Å². The Hall–Kier alpha value is -2.46. The maximum Gasteiger partial charge on any atom is 0.206 e. The first kappa shape index (κ1) is 19.2. The number of benzene rings is 1. The molecule has 0 spiro atoms. The molecule has 2 aliphatic rings. The molecular formula is C21H21ClN7OS+. The number of halogens is 1. The number of fused-ring (bicyclic) bond motifs is 3. The largest absolute Gasteiger partial charge is 0.370 e. The van der Waals surface area contributed by atoms with Gasteiger partial charge in [-0.15, -0.1) is 26.3 Å². The van der Waals surface area contributed by atoms with E-state index in [0.717, 1.165) is 73.1 Å². The van der Waals surface area contributed by atoms with Crippen molar-refractivity contribution in [1.29, 1.82) is 0 Å². The monoisotopic (exact) mass is 454 g/mol. The van der Waals surface area contributed by atoms with Gasteiger partial charge in [0, 0.05) is 10.4 Å². The summed E-state index contributed by atoms with van der Waals surface area (Å²) >= 11 is 8.13. The normalized spacial score (nSPS) is 16.8. The van der Waals surface area contributed by atoms with Crippen LogP contribution >= 0.6 is 22.9 Å². The minimum absolute atomic E-state index is 0.490. The smallest absolute Gasteiger partial charge is 0.206 e. The van der Waals surface area contributed by atoms with Crippen molar-refractivity contribution < 1.29 is 9.64 Å². The summed E-state index contributed by atoms with van der Waals surface area (Å²) in [5.41, 5.74) is 2.10. The van der Waals surface area contributed by atoms with Gasteiger partial charge < -0.3 is 9.64 Å². The van der Waals surface area contributed by atoms with Crippen LogP contribution < -0.4 is 4.90 Å². The molecule has 1 aromatic carbocycles. The van der Waals surface area contributed by atoms with Crippen LogP contribution in [0, 0.1) is 0 Å². The first-order valence-electron chi connectivity index (χ1n) is 10.5. The van der Waals surface area contributed by atoms with E-state index in [2.05, 4.69) is 15.4 Å². The third kappa shape index (κ3) is 3.51. The molecule has 0 unspecified atom stereocenters. The number of ether oxygens (including phenoxy) is 1. The zero-order chi connectivity index (χ0) is 20.8. The van der Waals surface area contributed by atoms with Gasteiger partial charge in [0.2, 0.25) is 5.82 Å². The summed E-state index contributed by atoms with van der Waals surface area (Å²) in [7, 11) is 0. The second-order valence-corrected chi connectivity index (χ2v) is 9.41. The molecule has 0 atom stereocenters. The van der Waals surface area contributed by atoms with E-state index in [0.29, 0.717) is 10.8 Å². The molecule has 0 bridgehead atoms. The van der Waals surface area contributed by atoms with Crippen LogP contribution in [-0.4, -0.2) is 56.5 Å². The predicted molar refractivity (Wildman–Crippen MR) is 118 cm³/mol. The summed E-state index contributed by atoms with van der Waals surface area (Å²) < 4.78 is 5.49. The number of morpholine rings is 1. The summed E-state index contributed by atoms with van der Waals surface area (Å²) in [6, 6.07) is 7.53. The highest BCUT2D eigenvalue weighted by Gasteiger charge is 2.26. The van der Waals surface area contributed by atoms with Crippen molar-refractivity contribution in [3.8, 4) is 17.2 Å². The van der Waals surface area contributed by atoms with E-state index < -0.39 is 0 Å². The molecule has 1 aliphatic carbocycles. The lowest BCUT2D eigenvalue weighted by Crippen LogP contribution is -3.12. The molecular weight excluding hydrogens is 434 g/mol. The van der Waals surface area contributed by atoms with Crippen molar-refractivity contribution in [1.82, 2.24) is 30.2 Å². The summed E-state index contributed by atoms with van der Waals surface area (Å²) in [6.45, 7) is 4.26. The van der Waals surface area contributed by atoms with Crippen LogP contribution in [0.15, 0.2) is 24.3 Å². The van der Waals surface area contributed by atoms with Crippen molar-refractivity contribution >= 4 is 33.2 Å². The number of aryl methyl sites for hydroxylation is 2. The van der Waals surface area contributed by atoms with E-state index in [-0.39, 0.29) is 0 Å². The van der Waals surface area contributed by atoms with Gasteiger partial charge in [0.15, 0.2) is 11.6 Å². The summed E-state index contributed by atoms with van der Waals surface area (Å²) in [5.74, 6) is 2.03. The molecule has 0 amide bonds. The highest BCUT2D eigenvalue weighted by molar-refractivity contribution is 7.19. The van der Waals surface area contributed by atoms with Gasteiger partial charge in [-0.05, 0) is 42.2 Å². The molecule has 10 heteroatoms. The molecule has 1 aliphatic heterocycles. The molecule has 158 valence electrons. The topological polar surface area (TPSA) is 83.0 Å². The van der Waals surface area contributed by atoms with E-state index in [1.807, 2.05) is 24.3 Å². The van der Waals surface area contributed by atoms with Gasteiger partial charge in [-0.1, -0.05) is 23.7 Å². The third-order valence-corrected chi connectivity index (χ3v) is 7.43. The SMILES string of the molecule is Clc1ccccc1-c1nnn(-c2nc(C[NH+]3CCOCC3)nc3sc4c(c23)CCC4)n1. The maximum absolute atomic E-state index is 6.35. The maximum atomic E-state index is 6.35. The standard InChI is InChI=1S/C21H20ClN7OS/c22-15-6-2-1-4-13(15)19-25-27-29(26-19)20-18-14-5-3-7-16(14)31-21(18)24-17(23-20)12-28-8-10-30-11-9-28/h1-2,4,6H,3,5,7-12H2/p+1. The van der Waals surface area contributed by atoms with Gasteiger partial charge >= 0.3 is 0 Å². The summed E-state index contributed by atoms with van der Waals surface area (Å²) in [6.07, 6.45) is 3.33. The Balaban J connectivity index is 1.46. The Morgan fingerprint density at radius 3 is 2.87 bits per heavy atom. The Morgan fingerprint density at radius 1 is 1.13 bits per heavy atom. The predicted octanol–water partition coefficient (Wildman–Crippen LogP) is 1.89. The average molecular weight is 455 g/mol. The van der Waals surface area contributed by atoms with Crippen molar-refractivity contribution in [2.24, 2.45) is 0 Å². The first-order valence-corrected chi connectivity index (χ1v) is 11.7. The van der Waals surface area contributed by atoms with Crippen LogP contribution in [-0.2, 0) is 24.1 Å². The second-order valence-electron chi connectivity index (χ2n) is 7.92. The summed E-state index contributed by atoms with van der Waals surface area (Å²) in [4.78, 5) is 15.3. The van der Waals surface area contributed by atoms with Crippen molar-refractivity contribution in [2.45, 2.75) is 25.8 Å². The molecule has 31 heavy (non-hydrogen) atoms. The fourth-order valence-corrected chi connectivity index (χ4v) is 5.85. The van der Waals surface area contributed by atoms with Gasteiger partial charge in [0.25, 0.3) is 0 Å². The Morgan fingerprint density at radius 2 is 2.00 bits per heavy atom. The Labute approximate surface area is 187 Å². The molecule has 4 aromatic rings. The Kier molecular flexibility index (Phi) is 4.91. The molecule has 0 saturated carbocycles. The minimum atomic E-state index is 0.490. The van der Waals surface area contributed by atoms with Crippen LogP contribution in [0.4, 0.5) is 0 Å². The first-order chi connectivity index (χ1) is 15.3. The minimum Gasteiger partial charge on any atom is -0.370 e. The van der Waals surface area contributed by atoms with Gasteiger partial charge in [-0.25, -0.2) is 9.97 Å². The van der Waals surface area contributed by atoms with Crippen LogP contribution in [0.25, 0.3) is 27.4 Å². The highest BCUT2D eigenvalue weighted by Crippen LogP contribution is 2.38. The van der Waals surface area contributed by atoms with Crippen molar-refractivity contribution in [3.05, 3.63) is 45.6 Å². The zero-order valence-corrected chi connectivity index (χ0v) is 18.4. The number of thiophene rings is 1. The molecule has 4 heterocycles. The number of nitrogens with zero attached hydrogens (tertiary/aromatic N) is 6. The molecule has 1 N–H and O–H groups in total. The fourth-order valence-electron chi connectivity index (χ4n) is 4.36. The Bertz CT molecular complexity index is 1260. The van der Waals surface area contributed by atoms with Crippen molar-refractivity contribution in [3.63, 3.8) is 0 Å². The highest BCUT2D eigenvalue weighted by atomic mass is 35.5. The molecule has 1 fully saturated rings. The van der Waals surface area contributed by atoms with E-state index in [1.54, 1.807) is 16.1 Å². The van der Waals surface area contributed by atoms with E-state index in [9.17, 15) is 0 Å². The van der Waals surface area contributed by atoms with Crippen LogP contribution in [0.3, 0.4) is 0 Å². The van der Waals surface area contributed by atoms with Crippen LogP contribution in [0.1, 0.15) is 22.7 Å². The number of hydrogen-bond acceptors (Lipinski definition) is 7. The molecule has 0 radical (unpaired) electrons. The van der Waals surface area contributed by atoms with E-state index >= 15 is 0 Å². The lowest BCUT2D eigenvalue weighted by Gasteiger charge is -2.23. The number of quaternary nitrogens is 1. The van der Waals surface area contributed by atoms with Crippen molar-refractivity contribution in [2.75, 3.05) is 26.3 Å².